The molecule has 0 saturated heterocycles. The molecule has 0 radical (unpaired) electrons. The van der Waals surface area contributed by atoms with Gasteiger partial charge in [0.1, 0.15) is 11.2 Å². The zero-order valence-electron chi connectivity index (χ0n) is 11.2. The van der Waals surface area contributed by atoms with Crippen LogP contribution in [0, 0.1) is 22.7 Å². The highest BCUT2D eigenvalue weighted by atomic mass is 16.1. The van der Waals surface area contributed by atoms with Crippen LogP contribution in [-0.4, -0.2) is 11.6 Å². The number of carbonyl (C=O) groups excluding carboxylic acids is 2. The van der Waals surface area contributed by atoms with Crippen molar-refractivity contribution in [3.8, 4) is 6.07 Å². The van der Waals surface area contributed by atoms with Crippen molar-refractivity contribution < 1.29 is 9.59 Å². The summed E-state index contributed by atoms with van der Waals surface area (Å²) in [6.45, 7) is 8.95. The summed E-state index contributed by atoms with van der Waals surface area (Å²) in [5.74, 6) is -0.325. The quantitative estimate of drug-likeness (QED) is 0.715. The van der Waals surface area contributed by atoms with Crippen LogP contribution in [0.2, 0.25) is 0 Å². The molecule has 3 nitrogen and oxygen atoms in total. The molecule has 18 heavy (non-hydrogen) atoms. The lowest BCUT2D eigenvalue weighted by atomic mass is 9.62. The van der Waals surface area contributed by atoms with E-state index in [9.17, 15) is 14.9 Å². The molecule has 0 fully saturated rings. The Bertz CT molecular complexity index is 467. The first kappa shape index (κ1) is 14.4. The maximum atomic E-state index is 12.4. The predicted molar refractivity (Wildman–Crippen MR) is 69.6 cm³/mol. The number of carbonyl (C=O) groups is 2. The number of allylic oxidation sites excluding steroid dienone is 3. The van der Waals surface area contributed by atoms with E-state index in [4.69, 9.17) is 0 Å². The van der Waals surface area contributed by atoms with Gasteiger partial charge in [-0.25, -0.2) is 0 Å². The molecule has 0 aromatic rings. The Balaban J connectivity index is 3.20. The number of Topliss-reactive ketones (excluding diaryl/α,β-unsaturated/α-hetero) is 2. The van der Waals surface area contributed by atoms with Crippen molar-refractivity contribution in [3.05, 3.63) is 23.8 Å². The monoisotopic (exact) mass is 245 g/mol. The van der Waals surface area contributed by atoms with Crippen LogP contribution in [0.15, 0.2) is 23.8 Å². The molecule has 0 aromatic heterocycles. The van der Waals surface area contributed by atoms with Crippen LogP contribution in [-0.2, 0) is 9.59 Å². The third kappa shape index (κ3) is 2.43. The molecular weight excluding hydrogens is 226 g/mol. The summed E-state index contributed by atoms with van der Waals surface area (Å²) in [6, 6.07) is 2.18. The lowest BCUT2D eigenvalue weighted by Gasteiger charge is -2.37. The Labute approximate surface area is 108 Å². The minimum Gasteiger partial charge on any atom is -0.300 e. The minimum absolute atomic E-state index is 0.00472. The number of nitrogens with zero attached hydrogens (tertiary/aromatic N) is 1. The van der Waals surface area contributed by atoms with E-state index in [-0.39, 0.29) is 23.9 Å². The molecule has 1 aliphatic rings. The third-order valence-corrected chi connectivity index (χ3v) is 3.68. The van der Waals surface area contributed by atoms with Crippen LogP contribution in [0.25, 0.3) is 0 Å². The molecule has 0 amide bonds. The van der Waals surface area contributed by atoms with Gasteiger partial charge in [0.2, 0.25) is 0 Å². The Kier molecular flexibility index (Phi) is 4.24. The van der Waals surface area contributed by atoms with Gasteiger partial charge < -0.3 is 4.79 Å². The van der Waals surface area contributed by atoms with E-state index in [1.807, 2.05) is 13.0 Å². The van der Waals surface area contributed by atoms with Gasteiger partial charge in [0, 0.05) is 12.3 Å². The van der Waals surface area contributed by atoms with Gasteiger partial charge in [-0.05, 0) is 39.2 Å². The minimum atomic E-state index is -1.10. The number of hydrogen-bond donors (Lipinski definition) is 0. The summed E-state index contributed by atoms with van der Waals surface area (Å²) >= 11 is 0. The van der Waals surface area contributed by atoms with Gasteiger partial charge in [0.05, 0.1) is 6.07 Å². The Hall–Kier alpha value is -1.69. The summed E-state index contributed by atoms with van der Waals surface area (Å²) in [4.78, 5) is 23.5. The highest BCUT2D eigenvalue weighted by Crippen LogP contribution is 2.44. The van der Waals surface area contributed by atoms with Crippen molar-refractivity contribution in [3.63, 3.8) is 0 Å². The smallest absolute Gasteiger partial charge is 0.179 e. The van der Waals surface area contributed by atoms with Gasteiger partial charge in [-0.2, -0.15) is 5.26 Å². The zero-order chi connectivity index (χ0) is 13.9. The fraction of sp³-hybridized carbons (Fsp3) is 0.533. The molecular formula is C15H19NO2. The standard InChI is InChI=1S/C15H19NO2/c1-10(2)13-6-5-11(3)14(18)15(13,9-16)8-7-12(4)17/h5,13H,1,6-8H2,2-4H3/t13-,15+/m0/s1. The zero-order valence-corrected chi connectivity index (χ0v) is 11.2. The molecule has 2 atom stereocenters. The molecule has 3 heteroatoms. The number of hydrogen-bond acceptors (Lipinski definition) is 3. The van der Waals surface area contributed by atoms with Gasteiger partial charge in [-0.15, -0.1) is 0 Å². The highest BCUT2D eigenvalue weighted by molar-refractivity contribution is 6.02. The van der Waals surface area contributed by atoms with E-state index in [1.54, 1.807) is 6.92 Å². The lowest BCUT2D eigenvalue weighted by Crippen LogP contribution is -2.41. The van der Waals surface area contributed by atoms with Crippen molar-refractivity contribution in [1.82, 2.24) is 0 Å². The molecule has 0 saturated carbocycles. The second-order valence-corrected chi connectivity index (χ2v) is 5.14. The highest BCUT2D eigenvalue weighted by Gasteiger charge is 2.48. The number of ketones is 2. The topological polar surface area (TPSA) is 57.9 Å². The summed E-state index contributed by atoms with van der Waals surface area (Å²) in [5.41, 5.74) is 0.353. The molecule has 0 spiro atoms. The Morgan fingerprint density at radius 3 is 2.67 bits per heavy atom. The molecule has 0 heterocycles. The molecule has 0 N–H and O–H groups in total. The largest absolute Gasteiger partial charge is 0.300 e. The van der Waals surface area contributed by atoms with Crippen molar-refractivity contribution in [2.24, 2.45) is 11.3 Å². The molecule has 0 aliphatic heterocycles. The molecule has 0 bridgehead atoms. The Morgan fingerprint density at radius 2 is 2.22 bits per heavy atom. The molecule has 1 aliphatic carbocycles. The molecule has 1 rings (SSSR count). The van der Waals surface area contributed by atoms with E-state index in [1.165, 1.54) is 6.92 Å². The van der Waals surface area contributed by atoms with Crippen molar-refractivity contribution in [2.45, 2.75) is 40.0 Å². The van der Waals surface area contributed by atoms with Crippen LogP contribution in [0.5, 0.6) is 0 Å². The lowest BCUT2D eigenvalue weighted by molar-refractivity contribution is -0.125. The van der Waals surface area contributed by atoms with Crippen LogP contribution in [0.1, 0.15) is 40.0 Å². The predicted octanol–water partition coefficient (Wildman–Crippen LogP) is 2.98. The molecule has 0 aromatic carbocycles. The maximum absolute atomic E-state index is 12.4. The normalized spacial score (nSPS) is 27.3. The van der Waals surface area contributed by atoms with E-state index < -0.39 is 5.41 Å². The van der Waals surface area contributed by atoms with Crippen LogP contribution >= 0.6 is 0 Å². The average Bonchev–Trinajstić information content (AvgIpc) is 2.30. The fourth-order valence-corrected chi connectivity index (χ4v) is 2.57. The third-order valence-electron chi connectivity index (χ3n) is 3.68. The van der Waals surface area contributed by atoms with Gasteiger partial charge in [0.15, 0.2) is 5.78 Å². The van der Waals surface area contributed by atoms with E-state index in [2.05, 4.69) is 12.6 Å². The van der Waals surface area contributed by atoms with Crippen molar-refractivity contribution in [2.75, 3.05) is 0 Å². The van der Waals surface area contributed by atoms with E-state index in [0.717, 1.165) is 5.57 Å². The van der Waals surface area contributed by atoms with Gasteiger partial charge >= 0.3 is 0 Å². The fourth-order valence-electron chi connectivity index (χ4n) is 2.57. The number of rotatable bonds is 4. The summed E-state index contributed by atoms with van der Waals surface area (Å²) in [7, 11) is 0. The van der Waals surface area contributed by atoms with Crippen molar-refractivity contribution in [1.29, 1.82) is 5.26 Å². The SMILES string of the molecule is C=C(C)[C@@H]1CC=C(C)C(=O)[C@@]1(C#N)CCC(C)=O. The molecule has 96 valence electrons. The first-order valence-corrected chi connectivity index (χ1v) is 6.13. The van der Waals surface area contributed by atoms with Gasteiger partial charge in [0.25, 0.3) is 0 Å². The average molecular weight is 245 g/mol. The first-order valence-electron chi connectivity index (χ1n) is 6.13. The first-order chi connectivity index (χ1) is 8.35. The second kappa shape index (κ2) is 5.30. The summed E-state index contributed by atoms with van der Waals surface area (Å²) in [5, 5.41) is 9.51. The van der Waals surface area contributed by atoms with Gasteiger partial charge in [-0.1, -0.05) is 18.2 Å². The van der Waals surface area contributed by atoms with E-state index >= 15 is 0 Å². The molecule has 0 unspecified atom stereocenters. The van der Waals surface area contributed by atoms with Gasteiger partial charge in [-0.3, -0.25) is 4.79 Å². The van der Waals surface area contributed by atoms with Crippen molar-refractivity contribution >= 4 is 11.6 Å². The number of nitriles is 1. The maximum Gasteiger partial charge on any atom is 0.179 e. The summed E-state index contributed by atoms with van der Waals surface area (Å²) in [6.07, 6.45) is 3.07. The Morgan fingerprint density at radius 1 is 1.61 bits per heavy atom. The van der Waals surface area contributed by atoms with E-state index in [0.29, 0.717) is 18.4 Å². The van der Waals surface area contributed by atoms with Crippen LogP contribution in [0.4, 0.5) is 0 Å². The van der Waals surface area contributed by atoms with Crippen LogP contribution in [0.3, 0.4) is 0 Å². The van der Waals surface area contributed by atoms with Crippen LogP contribution < -0.4 is 0 Å². The second-order valence-electron chi connectivity index (χ2n) is 5.14. The summed E-state index contributed by atoms with van der Waals surface area (Å²) < 4.78 is 0.